The van der Waals surface area contributed by atoms with Crippen molar-refractivity contribution < 1.29 is 9.53 Å². The highest BCUT2D eigenvalue weighted by Gasteiger charge is 2.38. The first-order valence-electron chi connectivity index (χ1n) is 8.06. The molecule has 3 heterocycles. The third-order valence-electron chi connectivity index (χ3n) is 4.88. The number of rotatable bonds is 2. The fourth-order valence-corrected chi connectivity index (χ4v) is 3.77. The minimum Gasteiger partial charge on any atom is -0.360 e. The van der Waals surface area contributed by atoms with Crippen molar-refractivity contribution >= 4 is 5.91 Å². The summed E-state index contributed by atoms with van der Waals surface area (Å²) in [6.07, 6.45) is 3.86. The number of morpholine rings is 1. The van der Waals surface area contributed by atoms with Crippen molar-refractivity contribution in [3.63, 3.8) is 0 Å². The number of hydrogen-bond donors (Lipinski definition) is 1. The molecule has 3 aliphatic rings. The Bertz CT molecular complexity index is 416. The second kappa shape index (κ2) is 6.73. The maximum absolute atomic E-state index is 12.8. The Labute approximate surface area is 126 Å². The van der Waals surface area contributed by atoms with Gasteiger partial charge >= 0.3 is 0 Å². The SMILES string of the molecule is N#CC1CN(C(=O)C2CCCN2C2CCNCC2)CCO1. The fraction of sp³-hybridized carbons (Fsp3) is 0.867. The Kier molecular flexibility index (Phi) is 4.73. The van der Waals surface area contributed by atoms with E-state index in [2.05, 4.69) is 16.3 Å². The zero-order valence-electron chi connectivity index (χ0n) is 12.5. The molecule has 3 saturated heterocycles. The van der Waals surface area contributed by atoms with Crippen LogP contribution in [0.2, 0.25) is 0 Å². The van der Waals surface area contributed by atoms with E-state index in [1.165, 1.54) is 0 Å². The van der Waals surface area contributed by atoms with Gasteiger partial charge in [0.15, 0.2) is 6.10 Å². The number of likely N-dealkylation sites (tertiary alicyclic amines) is 1. The standard InChI is InChI=1S/C15H24N4O2/c16-10-13-11-18(8-9-21-13)15(20)14-2-1-7-19(14)12-3-5-17-6-4-12/h12-14,17H,1-9,11H2. The second-order valence-corrected chi connectivity index (χ2v) is 6.15. The second-order valence-electron chi connectivity index (χ2n) is 6.15. The van der Waals surface area contributed by atoms with Crippen molar-refractivity contribution in [3.8, 4) is 6.07 Å². The van der Waals surface area contributed by atoms with Gasteiger partial charge in [0.2, 0.25) is 5.91 Å². The normalized spacial score (nSPS) is 32.0. The summed E-state index contributed by atoms with van der Waals surface area (Å²) in [7, 11) is 0. The molecule has 0 aromatic rings. The van der Waals surface area contributed by atoms with Gasteiger partial charge in [-0.25, -0.2) is 0 Å². The van der Waals surface area contributed by atoms with Gasteiger partial charge in [0.1, 0.15) is 0 Å². The molecular formula is C15H24N4O2. The van der Waals surface area contributed by atoms with Gasteiger partial charge in [-0.3, -0.25) is 9.69 Å². The first kappa shape index (κ1) is 14.8. The van der Waals surface area contributed by atoms with E-state index in [-0.39, 0.29) is 11.9 Å². The molecule has 0 aromatic carbocycles. The van der Waals surface area contributed by atoms with Gasteiger partial charge in [-0.15, -0.1) is 0 Å². The van der Waals surface area contributed by atoms with Crippen LogP contribution in [-0.4, -0.2) is 73.2 Å². The average Bonchev–Trinajstić information content (AvgIpc) is 3.04. The van der Waals surface area contributed by atoms with Crippen LogP contribution >= 0.6 is 0 Å². The van der Waals surface area contributed by atoms with Crippen LogP contribution in [0.15, 0.2) is 0 Å². The van der Waals surface area contributed by atoms with Gasteiger partial charge in [-0.2, -0.15) is 5.26 Å². The number of nitrogens with one attached hydrogen (secondary N) is 1. The maximum Gasteiger partial charge on any atom is 0.240 e. The van der Waals surface area contributed by atoms with Crippen LogP contribution in [-0.2, 0) is 9.53 Å². The molecule has 0 saturated carbocycles. The van der Waals surface area contributed by atoms with E-state index in [9.17, 15) is 4.79 Å². The minimum atomic E-state index is -0.462. The van der Waals surface area contributed by atoms with Crippen molar-refractivity contribution in [2.45, 2.75) is 43.9 Å². The van der Waals surface area contributed by atoms with E-state index in [0.717, 1.165) is 45.3 Å². The lowest BCUT2D eigenvalue weighted by Gasteiger charge is -2.38. The van der Waals surface area contributed by atoms with Crippen LogP contribution in [0.3, 0.4) is 0 Å². The Morgan fingerprint density at radius 3 is 2.81 bits per heavy atom. The fourth-order valence-electron chi connectivity index (χ4n) is 3.77. The lowest BCUT2D eigenvalue weighted by atomic mass is 10.0. The number of piperidine rings is 1. The Hall–Kier alpha value is -1.16. The molecule has 0 aliphatic carbocycles. The smallest absolute Gasteiger partial charge is 0.240 e. The van der Waals surface area contributed by atoms with Gasteiger partial charge in [-0.05, 0) is 45.3 Å². The molecule has 21 heavy (non-hydrogen) atoms. The lowest BCUT2D eigenvalue weighted by molar-refractivity contribution is -0.142. The molecule has 6 heteroatoms. The third-order valence-corrected chi connectivity index (χ3v) is 4.88. The summed E-state index contributed by atoms with van der Waals surface area (Å²) in [5, 5.41) is 12.4. The summed E-state index contributed by atoms with van der Waals surface area (Å²) < 4.78 is 5.34. The highest BCUT2D eigenvalue weighted by atomic mass is 16.5. The molecule has 1 N–H and O–H groups in total. The Balaban J connectivity index is 1.64. The maximum atomic E-state index is 12.8. The van der Waals surface area contributed by atoms with Crippen molar-refractivity contribution in [2.75, 3.05) is 39.3 Å². The largest absolute Gasteiger partial charge is 0.360 e. The molecule has 1 amide bonds. The van der Waals surface area contributed by atoms with Crippen LogP contribution in [0.1, 0.15) is 25.7 Å². The monoisotopic (exact) mass is 292 g/mol. The third kappa shape index (κ3) is 3.20. The average molecular weight is 292 g/mol. The van der Waals surface area contributed by atoms with Crippen LogP contribution in [0, 0.1) is 11.3 Å². The summed E-state index contributed by atoms with van der Waals surface area (Å²) in [5.74, 6) is 0.203. The number of hydrogen-bond acceptors (Lipinski definition) is 5. The first-order valence-corrected chi connectivity index (χ1v) is 8.06. The summed E-state index contributed by atoms with van der Waals surface area (Å²) in [6.45, 7) is 4.66. The van der Waals surface area contributed by atoms with Gasteiger partial charge in [0.05, 0.1) is 25.3 Å². The van der Waals surface area contributed by atoms with Crippen LogP contribution in [0.25, 0.3) is 0 Å². The highest BCUT2D eigenvalue weighted by Crippen LogP contribution is 2.26. The minimum absolute atomic E-state index is 0.0190. The summed E-state index contributed by atoms with van der Waals surface area (Å²) in [6, 6.07) is 2.67. The number of carbonyl (C=O) groups excluding carboxylic acids is 1. The number of amides is 1. The van der Waals surface area contributed by atoms with Gasteiger partial charge in [0, 0.05) is 12.6 Å². The van der Waals surface area contributed by atoms with Gasteiger partial charge in [-0.1, -0.05) is 0 Å². The zero-order valence-corrected chi connectivity index (χ0v) is 12.5. The zero-order chi connectivity index (χ0) is 14.7. The molecular weight excluding hydrogens is 268 g/mol. The summed E-state index contributed by atoms with van der Waals surface area (Å²) in [4.78, 5) is 17.1. The lowest BCUT2D eigenvalue weighted by Crippen LogP contribution is -2.54. The van der Waals surface area contributed by atoms with E-state index >= 15 is 0 Å². The number of carbonyl (C=O) groups is 1. The van der Waals surface area contributed by atoms with E-state index in [4.69, 9.17) is 10.00 Å². The molecule has 2 unspecified atom stereocenters. The van der Waals surface area contributed by atoms with E-state index < -0.39 is 6.10 Å². The van der Waals surface area contributed by atoms with Crippen molar-refractivity contribution in [1.29, 1.82) is 5.26 Å². The van der Waals surface area contributed by atoms with Crippen molar-refractivity contribution in [1.82, 2.24) is 15.1 Å². The van der Waals surface area contributed by atoms with E-state index in [1.807, 2.05) is 4.90 Å². The molecule has 0 aromatic heterocycles. The van der Waals surface area contributed by atoms with E-state index in [0.29, 0.717) is 25.7 Å². The molecule has 0 bridgehead atoms. The summed E-state index contributed by atoms with van der Waals surface area (Å²) in [5.41, 5.74) is 0. The predicted octanol–water partition coefficient (Wildman–Crippen LogP) is -0.0462. The molecule has 3 aliphatic heterocycles. The van der Waals surface area contributed by atoms with Crippen LogP contribution in [0.4, 0.5) is 0 Å². The molecule has 3 rings (SSSR count). The number of nitriles is 1. The Morgan fingerprint density at radius 2 is 2.05 bits per heavy atom. The van der Waals surface area contributed by atoms with Crippen molar-refractivity contribution in [3.05, 3.63) is 0 Å². The van der Waals surface area contributed by atoms with Crippen LogP contribution < -0.4 is 5.32 Å². The number of ether oxygens (including phenoxy) is 1. The molecule has 2 atom stereocenters. The molecule has 0 radical (unpaired) electrons. The molecule has 0 spiro atoms. The number of nitrogens with zero attached hydrogens (tertiary/aromatic N) is 3. The molecule has 3 fully saturated rings. The highest BCUT2D eigenvalue weighted by molar-refractivity contribution is 5.82. The quantitative estimate of drug-likeness (QED) is 0.773. The van der Waals surface area contributed by atoms with Gasteiger partial charge in [0.25, 0.3) is 0 Å². The van der Waals surface area contributed by atoms with Crippen LogP contribution in [0.5, 0.6) is 0 Å². The molecule has 6 nitrogen and oxygen atoms in total. The Morgan fingerprint density at radius 1 is 1.24 bits per heavy atom. The first-order chi connectivity index (χ1) is 10.3. The molecule has 116 valence electrons. The van der Waals surface area contributed by atoms with Gasteiger partial charge < -0.3 is 15.0 Å². The van der Waals surface area contributed by atoms with E-state index in [1.54, 1.807) is 0 Å². The summed E-state index contributed by atoms with van der Waals surface area (Å²) >= 11 is 0. The van der Waals surface area contributed by atoms with Crippen molar-refractivity contribution in [2.24, 2.45) is 0 Å². The predicted molar refractivity (Wildman–Crippen MR) is 77.6 cm³/mol. The topological polar surface area (TPSA) is 68.6 Å².